The molecule has 0 aromatic heterocycles. The average Bonchev–Trinajstić information content (AvgIpc) is 3.68. The van der Waals surface area contributed by atoms with Gasteiger partial charge in [0, 0.05) is 46.4 Å². The summed E-state index contributed by atoms with van der Waals surface area (Å²) in [6, 6.07) is 7.09. The third kappa shape index (κ3) is 3.64. The van der Waals surface area contributed by atoms with Crippen molar-refractivity contribution in [2.75, 3.05) is 11.6 Å². The van der Waals surface area contributed by atoms with Gasteiger partial charge in [0.2, 0.25) is 0 Å². The minimum absolute atomic E-state index is 0.00528. The molecule has 1 aromatic rings. The minimum atomic E-state index is -2.23. The number of alkyl halides is 2. The zero-order chi connectivity index (χ0) is 29.8. The molecule has 0 amide bonds. The van der Waals surface area contributed by atoms with Crippen molar-refractivity contribution < 1.29 is 33.1 Å². The molecule has 0 radical (unpaired) electrons. The summed E-state index contributed by atoms with van der Waals surface area (Å²) in [5, 5.41) is 14.0. The van der Waals surface area contributed by atoms with Crippen molar-refractivity contribution in [1.29, 1.82) is 0 Å². The molecule has 9 atom stereocenters. The number of nitrogens with zero attached hydrogens (tertiary/aromatic N) is 1. The maximum atomic E-state index is 17.7. The molecule has 1 N–H and O–H groups in total. The summed E-state index contributed by atoms with van der Waals surface area (Å²) in [6.45, 7) is 3.81. The van der Waals surface area contributed by atoms with Crippen molar-refractivity contribution in [3.8, 4) is 0 Å². The molecule has 42 heavy (non-hydrogen) atoms. The molecule has 6 aliphatic rings. The number of hydroxylamine groups is 1. The molecule has 1 aliphatic heterocycles. The molecule has 4 saturated carbocycles. The number of halogens is 3. The Hall–Kier alpha value is -2.42. The highest BCUT2D eigenvalue weighted by molar-refractivity contribution is 6.30. The monoisotopic (exact) mass is 599 g/mol. The van der Waals surface area contributed by atoms with E-state index in [1.54, 1.807) is 36.3 Å². The molecule has 9 heteroatoms. The van der Waals surface area contributed by atoms with Crippen LogP contribution in [0.25, 0.3) is 0 Å². The third-order valence-corrected chi connectivity index (χ3v) is 12.0. The van der Waals surface area contributed by atoms with E-state index in [1.807, 2.05) is 6.92 Å². The van der Waals surface area contributed by atoms with Crippen LogP contribution in [0.2, 0.25) is 5.02 Å². The number of rotatable bonds is 6. The second kappa shape index (κ2) is 9.29. The van der Waals surface area contributed by atoms with Crippen LogP contribution in [0.1, 0.15) is 58.8 Å². The summed E-state index contributed by atoms with van der Waals surface area (Å²) in [7, 11) is 0. The van der Waals surface area contributed by atoms with E-state index in [1.165, 1.54) is 18.2 Å². The zero-order valence-corrected chi connectivity index (χ0v) is 24.6. The standard InChI is InChI=1S/C33H36ClF2NO5/c1-30-12-11-22(38)14-25(30)26(35)15-24-23-13-19-17-37(21-7-5-20(34)6-8-21)42-33(19,28(40)10-9-27(39)18-3-4-18)31(23,2)16-29(41)32(24,30)36/h5-8,11-12,14,18-19,23-24,26,29,41H,3-4,9-10,13,15-17H2,1-2H3/t19-,23-,24-,26-,29-,30-,31-,32-,33-/m0/s1. The summed E-state index contributed by atoms with van der Waals surface area (Å²) in [6.07, 6.45) is 2.78. The summed E-state index contributed by atoms with van der Waals surface area (Å²) >= 11 is 6.11. The average molecular weight is 600 g/mol. The van der Waals surface area contributed by atoms with Crippen LogP contribution < -0.4 is 5.06 Å². The van der Waals surface area contributed by atoms with E-state index in [0.29, 0.717) is 23.7 Å². The normalized spacial score (nSPS) is 43.8. The lowest BCUT2D eigenvalue weighted by atomic mass is 9.44. The molecule has 1 aromatic carbocycles. The smallest absolute Gasteiger partial charge is 0.178 e. The molecule has 1 heterocycles. The lowest BCUT2D eigenvalue weighted by molar-refractivity contribution is -0.227. The second-order valence-corrected chi connectivity index (χ2v) is 14.3. The molecule has 6 nitrogen and oxygen atoms in total. The highest BCUT2D eigenvalue weighted by Crippen LogP contribution is 2.73. The van der Waals surface area contributed by atoms with Gasteiger partial charge in [-0.05, 0) is 86.9 Å². The molecule has 7 rings (SSSR count). The van der Waals surface area contributed by atoms with E-state index >= 15 is 8.78 Å². The Labute approximate surface area is 249 Å². The predicted molar refractivity (Wildman–Crippen MR) is 152 cm³/mol. The fraction of sp³-hybridized carbons (Fsp3) is 0.606. The lowest BCUT2D eigenvalue weighted by Crippen LogP contribution is -2.70. The van der Waals surface area contributed by atoms with Crippen LogP contribution in [0.15, 0.2) is 48.1 Å². The first-order chi connectivity index (χ1) is 19.8. The Morgan fingerprint density at radius 1 is 1.12 bits per heavy atom. The number of aliphatic hydroxyl groups excluding tert-OH is 1. The Morgan fingerprint density at radius 2 is 1.83 bits per heavy atom. The Morgan fingerprint density at radius 3 is 2.52 bits per heavy atom. The first-order valence-corrected chi connectivity index (χ1v) is 15.5. The Kier molecular flexibility index (Phi) is 6.27. The van der Waals surface area contributed by atoms with Gasteiger partial charge in [-0.15, -0.1) is 0 Å². The van der Waals surface area contributed by atoms with Gasteiger partial charge in [0.1, 0.15) is 12.0 Å². The number of fused-ring (bicyclic) bond motifs is 7. The number of carbonyl (C=O) groups excluding carboxylic acids is 3. The van der Waals surface area contributed by atoms with Gasteiger partial charge in [-0.25, -0.2) is 8.78 Å². The lowest BCUT2D eigenvalue weighted by Gasteiger charge is -2.63. The molecule has 5 aliphatic carbocycles. The van der Waals surface area contributed by atoms with Crippen LogP contribution in [0.5, 0.6) is 0 Å². The molecule has 0 unspecified atom stereocenters. The van der Waals surface area contributed by atoms with Crippen LogP contribution in [-0.4, -0.2) is 52.5 Å². The Balaban J connectivity index is 1.29. The summed E-state index contributed by atoms with van der Waals surface area (Å²) in [4.78, 5) is 45.9. The fourth-order valence-corrected chi connectivity index (χ4v) is 9.67. The van der Waals surface area contributed by atoms with E-state index in [0.717, 1.165) is 12.8 Å². The Bertz CT molecular complexity index is 1430. The van der Waals surface area contributed by atoms with Gasteiger partial charge in [0.05, 0.1) is 18.3 Å². The van der Waals surface area contributed by atoms with Crippen molar-refractivity contribution in [2.45, 2.75) is 82.3 Å². The molecule has 224 valence electrons. The summed E-state index contributed by atoms with van der Waals surface area (Å²) < 4.78 is 33.5. The van der Waals surface area contributed by atoms with Gasteiger partial charge < -0.3 is 5.11 Å². The van der Waals surface area contributed by atoms with Crippen molar-refractivity contribution in [2.24, 2.45) is 34.5 Å². The number of hydrogen-bond acceptors (Lipinski definition) is 6. The number of ketones is 3. The first-order valence-electron chi connectivity index (χ1n) is 15.1. The maximum absolute atomic E-state index is 17.7. The second-order valence-electron chi connectivity index (χ2n) is 13.8. The quantitative estimate of drug-likeness (QED) is 0.451. The highest BCUT2D eigenvalue weighted by atomic mass is 35.5. The van der Waals surface area contributed by atoms with E-state index in [9.17, 15) is 19.5 Å². The number of carbonyl (C=O) groups is 3. The van der Waals surface area contributed by atoms with Crippen molar-refractivity contribution in [3.63, 3.8) is 0 Å². The van der Waals surface area contributed by atoms with Crippen molar-refractivity contribution in [1.82, 2.24) is 0 Å². The number of benzene rings is 1. The van der Waals surface area contributed by atoms with E-state index in [4.69, 9.17) is 16.4 Å². The van der Waals surface area contributed by atoms with Crippen LogP contribution in [0.3, 0.4) is 0 Å². The molecular weight excluding hydrogens is 564 g/mol. The number of Topliss-reactive ketones (excluding diaryl/α,β-unsaturated/α-hetero) is 2. The summed E-state index contributed by atoms with van der Waals surface area (Å²) in [5.74, 6) is -2.23. The predicted octanol–water partition coefficient (Wildman–Crippen LogP) is 5.70. The topological polar surface area (TPSA) is 83.9 Å². The van der Waals surface area contributed by atoms with Gasteiger partial charge in [0.15, 0.2) is 22.8 Å². The van der Waals surface area contributed by atoms with Crippen LogP contribution in [0.4, 0.5) is 14.5 Å². The van der Waals surface area contributed by atoms with E-state index in [2.05, 4.69) is 0 Å². The third-order valence-electron chi connectivity index (χ3n) is 11.8. The van der Waals surface area contributed by atoms with Crippen LogP contribution in [-0.2, 0) is 19.2 Å². The minimum Gasteiger partial charge on any atom is -0.390 e. The molecule has 1 saturated heterocycles. The fourth-order valence-electron chi connectivity index (χ4n) is 9.54. The molecule has 5 fully saturated rings. The van der Waals surface area contributed by atoms with Crippen LogP contribution >= 0.6 is 11.6 Å². The number of anilines is 1. The van der Waals surface area contributed by atoms with Crippen molar-refractivity contribution >= 4 is 34.6 Å². The number of hydrogen-bond donors (Lipinski definition) is 1. The maximum Gasteiger partial charge on any atom is 0.178 e. The highest BCUT2D eigenvalue weighted by Gasteiger charge is 2.79. The van der Waals surface area contributed by atoms with Gasteiger partial charge in [-0.3, -0.25) is 24.3 Å². The first kappa shape index (κ1) is 28.4. The SMILES string of the molecule is C[C@]12C=CC(=O)C=C1[C@@H](F)C[C@H]1[C@@H]3C[C@H]4CN(c5ccc(Cl)cc5)O[C@@]4(C(=O)CCC(=O)C4CC4)[C@@]3(C)C[C@H](O)[C@@]12F. The van der Waals surface area contributed by atoms with Gasteiger partial charge in [-0.1, -0.05) is 24.6 Å². The number of allylic oxidation sites excluding steroid dienone is 4. The van der Waals surface area contributed by atoms with Gasteiger partial charge >= 0.3 is 0 Å². The van der Waals surface area contributed by atoms with Gasteiger partial charge in [0.25, 0.3) is 0 Å². The summed E-state index contributed by atoms with van der Waals surface area (Å²) in [5.41, 5.74) is -5.37. The molecular formula is C33H36ClF2NO5. The van der Waals surface area contributed by atoms with Crippen molar-refractivity contribution in [3.05, 3.63) is 53.1 Å². The van der Waals surface area contributed by atoms with Crippen LogP contribution in [0, 0.1) is 34.5 Å². The van der Waals surface area contributed by atoms with Gasteiger partial charge in [-0.2, -0.15) is 0 Å². The molecule has 0 spiro atoms. The van der Waals surface area contributed by atoms with E-state index < -0.39 is 52.0 Å². The largest absolute Gasteiger partial charge is 0.390 e. The number of aliphatic hydroxyl groups is 1. The van der Waals surface area contributed by atoms with E-state index in [-0.39, 0.29) is 54.7 Å². The zero-order valence-electron chi connectivity index (χ0n) is 23.8. The molecule has 0 bridgehead atoms.